The minimum absolute atomic E-state index is 0.0354. The maximum atomic E-state index is 13.9. The van der Waals surface area contributed by atoms with Gasteiger partial charge in [0.05, 0.1) is 40.5 Å². The molecule has 0 bridgehead atoms. The van der Waals surface area contributed by atoms with Gasteiger partial charge in [0.2, 0.25) is 0 Å². The van der Waals surface area contributed by atoms with Crippen LogP contribution in [0.2, 0.25) is 0 Å². The molecule has 1 aromatic carbocycles. The molecular weight excluding hydrogens is 464 g/mol. The van der Waals surface area contributed by atoms with Crippen molar-refractivity contribution in [2.45, 2.75) is 38.3 Å². The highest BCUT2D eigenvalue weighted by Crippen LogP contribution is 2.57. The van der Waals surface area contributed by atoms with Gasteiger partial charge in [0, 0.05) is 11.1 Å². The number of urea groups is 2. The molecular formula is C22H26N4O9. The molecule has 1 aromatic rings. The van der Waals surface area contributed by atoms with E-state index in [-0.39, 0.29) is 39.8 Å². The Morgan fingerprint density at radius 2 is 1.20 bits per heavy atom. The third-order valence-electron chi connectivity index (χ3n) is 6.95. The Balaban J connectivity index is 1.86. The number of carbonyl (C=O) groups is 4. The molecule has 13 heteroatoms. The SMILES string of the molecule is CCOC(=O)C12N3COCN1C(=O)N1Cc4c(OC)ccc(OC)c4CN(C3=O)C12C(=O)OCC. The monoisotopic (exact) mass is 490 g/mol. The minimum Gasteiger partial charge on any atom is -0.496 e. The summed E-state index contributed by atoms with van der Waals surface area (Å²) in [7, 11) is 2.95. The largest absolute Gasteiger partial charge is 0.496 e. The first-order chi connectivity index (χ1) is 16.9. The summed E-state index contributed by atoms with van der Waals surface area (Å²) in [5.74, 6) is -0.978. The predicted octanol–water partition coefficient (Wildman–Crippen LogP) is 0.657. The Morgan fingerprint density at radius 3 is 1.57 bits per heavy atom. The third-order valence-corrected chi connectivity index (χ3v) is 6.95. The number of nitrogens with zero attached hydrogens (tertiary/aromatic N) is 4. The van der Waals surface area contributed by atoms with Gasteiger partial charge in [-0.2, -0.15) is 0 Å². The summed E-state index contributed by atoms with van der Waals surface area (Å²) in [5.41, 5.74) is -3.25. The second-order valence-electron chi connectivity index (χ2n) is 8.27. The van der Waals surface area contributed by atoms with Gasteiger partial charge in [-0.15, -0.1) is 0 Å². The van der Waals surface area contributed by atoms with Crippen molar-refractivity contribution in [1.29, 1.82) is 0 Å². The Bertz CT molecular complexity index is 1060. The number of esters is 2. The molecule has 0 spiro atoms. The number of benzene rings is 1. The average Bonchev–Trinajstić information content (AvgIpc) is 3.13. The summed E-state index contributed by atoms with van der Waals surface area (Å²) in [5, 5.41) is 0. The second-order valence-corrected chi connectivity index (χ2v) is 8.27. The number of fused-ring (bicyclic) bond motifs is 1. The number of rotatable bonds is 6. The van der Waals surface area contributed by atoms with Crippen LogP contribution in [0.25, 0.3) is 0 Å². The van der Waals surface area contributed by atoms with Gasteiger partial charge in [-0.05, 0) is 26.0 Å². The molecule has 0 radical (unpaired) electrons. The molecule has 13 nitrogen and oxygen atoms in total. The predicted molar refractivity (Wildman–Crippen MR) is 115 cm³/mol. The summed E-state index contributed by atoms with van der Waals surface area (Å²) < 4.78 is 27.5. The van der Waals surface area contributed by atoms with Crippen LogP contribution in [0.5, 0.6) is 11.5 Å². The van der Waals surface area contributed by atoms with E-state index >= 15 is 0 Å². The van der Waals surface area contributed by atoms with Crippen LogP contribution in [0.1, 0.15) is 25.0 Å². The van der Waals surface area contributed by atoms with Crippen LogP contribution >= 0.6 is 0 Å². The lowest BCUT2D eigenvalue weighted by Gasteiger charge is -2.46. The van der Waals surface area contributed by atoms with Gasteiger partial charge in [0.25, 0.3) is 11.3 Å². The standard InChI is InChI=1S/C22H26N4O9/c1-5-34-17(27)21-22(18(28)35-6-2)25-11-33-12-26(22)20(30)24(21)10-14-13(9-23(21)19(25)29)15(31-3)7-8-16(14)32-4/h7-8H,5-6,9-12H2,1-4H3. The van der Waals surface area contributed by atoms with Crippen LogP contribution in [-0.4, -0.2) is 95.8 Å². The molecule has 3 saturated heterocycles. The Kier molecular flexibility index (Phi) is 5.20. The first-order valence-corrected chi connectivity index (χ1v) is 11.2. The van der Waals surface area contributed by atoms with Crippen molar-refractivity contribution in [1.82, 2.24) is 19.6 Å². The molecule has 0 aromatic heterocycles. The highest BCUT2D eigenvalue weighted by Gasteiger charge is 2.88. The molecule has 4 aliphatic rings. The van der Waals surface area contributed by atoms with Crippen molar-refractivity contribution in [3.05, 3.63) is 23.3 Å². The van der Waals surface area contributed by atoms with Crippen LogP contribution in [0.4, 0.5) is 9.59 Å². The number of carbonyl (C=O) groups excluding carboxylic acids is 4. The molecule has 3 fully saturated rings. The zero-order valence-corrected chi connectivity index (χ0v) is 19.9. The first-order valence-electron chi connectivity index (χ1n) is 11.2. The van der Waals surface area contributed by atoms with Gasteiger partial charge in [-0.25, -0.2) is 19.2 Å². The summed E-state index contributed by atoms with van der Waals surface area (Å²) >= 11 is 0. The van der Waals surface area contributed by atoms with Gasteiger partial charge >= 0.3 is 24.0 Å². The van der Waals surface area contributed by atoms with Crippen LogP contribution in [-0.2, 0) is 36.9 Å². The van der Waals surface area contributed by atoms with Crippen molar-refractivity contribution >= 4 is 24.0 Å². The van der Waals surface area contributed by atoms with Gasteiger partial charge in [0.15, 0.2) is 0 Å². The number of hydrogen-bond donors (Lipinski definition) is 0. The molecule has 0 saturated carbocycles. The zero-order chi connectivity index (χ0) is 25.1. The van der Waals surface area contributed by atoms with E-state index in [1.165, 1.54) is 24.0 Å². The number of ether oxygens (including phenoxy) is 5. The third kappa shape index (κ3) is 2.50. The fourth-order valence-electron chi connectivity index (χ4n) is 5.66. The van der Waals surface area contributed by atoms with E-state index in [9.17, 15) is 19.2 Å². The van der Waals surface area contributed by atoms with E-state index in [4.69, 9.17) is 23.7 Å². The summed E-state index contributed by atoms with van der Waals surface area (Å²) in [6, 6.07) is 1.98. The van der Waals surface area contributed by atoms with Crippen molar-refractivity contribution in [2.75, 3.05) is 40.9 Å². The van der Waals surface area contributed by atoms with E-state index in [1.54, 1.807) is 26.0 Å². The molecule has 0 unspecified atom stereocenters. The van der Waals surface area contributed by atoms with E-state index in [0.29, 0.717) is 22.6 Å². The number of hydrogen-bond acceptors (Lipinski definition) is 9. The molecule has 4 heterocycles. The maximum Gasteiger partial charge on any atom is 0.359 e. The van der Waals surface area contributed by atoms with Crippen LogP contribution in [0, 0.1) is 0 Å². The molecule has 188 valence electrons. The van der Waals surface area contributed by atoms with E-state index < -0.39 is 35.3 Å². The highest BCUT2D eigenvalue weighted by atomic mass is 16.6. The lowest BCUT2D eigenvalue weighted by molar-refractivity contribution is -0.212. The molecule has 4 aliphatic heterocycles. The van der Waals surface area contributed by atoms with Crippen LogP contribution in [0.3, 0.4) is 0 Å². The Morgan fingerprint density at radius 1 is 0.800 bits per heavy atom. The van der Waals surface area contributed by atoms with E-state index in [2.05, 4.69) is 0 Å². The summed E-state index contributed by atoms with van der Waals surface area (Å²) in [6.45, 7) is 2.15. The molecule has 0 atom stereocenters. The smallest absolute Gasteiger partial charge is 0.359 e. The number of methoxy groups -OCH3 is 2. The molecule has 5 rings (SSSR count). The van der Waals surface area contributed by atoms with Gasteiger partial charge < -0.3 is 23.7 Å². The second kappa shape index (κ2) is 7.90. The zero-order valence-electron chi connectivity index (χ0n) is 19.9. The van der Waals surface area contributed by atoms with Crippen LogP contribution in [0.15, 0.2) is 12.1 Å². The lowest BCUT2D eigenvalue weighted by Crippen LogP contribution is -2.77. The Hall–Kier alpha value is -3.74. The average molecular weight is 490 g/mol. The van der Waals surface area contributed by atoms with Crippen molar-refractivity contribution in [3.63, 3.8) is 0 Å². The van der Waals surface area contributed by atoms with Gasteiger partial charge in [0.1, 0.15) is 25.0 Å². The fraction of sp³-hybridized carbons (Fsp3) is 0.545. The maximum absolute atomic E-state index is 13.9. The quantitative estimate of drug-likeness (QED) is 0.528. The summed E-state index contributed by atoms with van der Waals surface area (Å²) in [6.07, 6.45) is 0. The van der Waals surface area contributed by atoms with Crippen molar-refractivity contribution in [2.24, 2.45) is 0 Å². The lowest BCUT2D eigenvalue weighted by atomic mass is 9.90. The normalized spacial score (nSPS) is 26.3. The number of amides is 4. The van der Waals surface area contributed by atoms with Crippen molar-refractivity contribution in [3.8, 4) is 11.5 Å². The molecule has 35 heavy (non-hydrogen) atoms. The Labute approximate surface area is 201 Å². The molecule has 0 N–H and O–H groups in total. The van der Waals surface area contributed by atoms with Crippen molar-refractivity contribution < 1.29 is 42.9 Å². The van der Waals surface area contributed by atoms with Gasteiger partial charge in [-0.3, -0.25) is 19.6 Å². The van der Waals surface area contributed by atoms with Gasteiger partial charge in [-0.1, -0.05) is 0 Å². The highest BCUT2D eigenvalue weighted by molar-refractivity contribution is 6.09. The van der Waals surface area contributed by atoms with Crippen LogP contribution < -0.4 is 9.47 Å². The van der Waals surface area contributed by atoms with E-state index in [1.807, 2.05) is 0 Å². The molecule has 0 aliphatic carbocycles. The van der Waals surface area contributed by atoms with E-state index in [0.717, 1.165) is 9.80 Å². The topological polar surface area (TPSA) is 127 Å². The minimum atomic E-state index is -2.18. The first kappa shape index (κ1) is 23.0. The summed E-state index contributed by atoms with van der Waals surface area (Å²) in [4.78, 5) is 60.0. The molecule has 4 amide bonds. The fourth-order valence-corrected chi connectivity index (χ4v) is 5.66.